The van der Waals surface area contributed by atoms with Crippen LogP contribution in [-0.4, -0.2) is 51.0 Å². The van der Waals surface area contributed by atoms with Gasteiger partial charge in [0.2, 0.25) is 5.88 Å². The summed E-state index contributed by atoms with van der Waals surface area (Å²) in [5, 5.41) is 23.8. The fourth-order valence-corrected chi connectivity index (χ4v) is 3.88. The molecule has 0 bridgehead atoms. The molecular formula is C25H33F2N3O4. The van der Waals surface area contributed by atoms with E-state index in [0.717, 1.165) is 11.1 Å². The first-order valence-corrected chi connectivity index (χ1v) is 11.5. The van der Waals surface area contributed by atoms with Crippen molar-refractivity contribution in [1.82, 2.24) is 10.2 Å². The van der Waals surface area contributed by atoms with Crippen LogP contribution in [0.2, 0.25) is 0 Å². The topological polar surface area (TPSA) is 102 Å². The Labute approximate surface area is 198 Å². The summed E-state index contributed by atoms with van der Waals surface area (Å²) in [6.45, 7) is 8.99. The SMILES string of the molecule is CC(C)c1cc(F)ccc1CN/C(O)=C1/C[C@@H](O)CN1C(=O)C(=NC(=O)C1(F)CC1)C(C)(C)C. The highest BCUT2D eigenvalue weighted by Gasteiger charge is 2.52. The zero-order valence-corrected chi connectivity index (χ0v) is 20.3. The van der Waals surface area contributed by atoms with E-state index in [1.54, 1.807) is 26.8 Å². The Hall–Kier alpha value is -2.81. The highest BCUT2D eigenvalue weighted by Crippen LogP contribution is 2.41. The molecule has 7 nitrogen and oxygen atoms in total. The number of aliphatic hydroxyl groups excluding tert-OH is 2. The van der Waals surface area contributed by atoms with Crippen LogP contribution in [0.1, 0.15) is 70.9 Å². The van der Waals surface area contributed by atoms with Crippen LogP contribution in [0.25, 0.3) is 0 Å². The van der Waals surface area contributed by atoms with Crippen molar-refractivity contribution >= 4 is 17.5 Å². The quantitative estimate of drug-likeness (QED) is 0.426. The summed E-state index contributed by atoms with van der Waals surface area (Å²) in [5.74, 6) is -2.25. The van der Waals surface area contributed by atoms with Gasteiger partial charge in [0, 0.05) is 18.4 Å². The lowest BCUT2D eigenvalue weighted by Crippen LogP contribution is -2.42. The number of alkyl halides is 1. The number of aliphatic imine (C=N–C) groups is 1. The maximum absolute atomic E-state index is 14.2. The van der Waals surface area contributed by atoms with Gasteiger partial charge in [-0.3, -0.25) is 9.59 Å². The van der Waals surface area contributed by atoms with Gasteiger partial charge in [0.05, 0.1) is 18.3 Å². The average molecular weight is 478 g/mol. The van der Waals surface area contributed by atoms with Crippen molar-refractivity contribution in [2.24, 2.45) is 10.4 Å². The minimum absolute atomic E-state index is 0.00342. The molecule has 0 aromatic heterocycles. The van der Waals surface area contributed by atoms with Gasteiger partial charge in [-0.2, -0.15) is 0 Å². The van der Waals surface area contributed by atoms with Crippen molar-refractivity contribution in [1.29, 1.82) is 0 Å². The highest BCUT2D eigenvalue weighted by atomic mass is 19.1. The number of likely N-dealkylation sites (tertiary alicyclic amines) is 1. The normalized spacial score (nSPS) is 21.6. The van der Waals surface area contributed by atoms with Gasteiger partial charge < -0.3 is 20.4 Å². The number of nitrogens with zero attached hydrogens (tertiary/aromatic N) is 2. The number of carbonyl (C=O) groups is 2. The van der Waals surface area contributed by atoms with E-state index in [1.165, 1.54) is 17.0 Å². The van der Waals surface area contributed by atoms with E-state index in [-0.39, 0.29) is 61.4 Å². The zero-order valence-electron chi connectivity index (χ0n) is 20.3. The molecule has 34 heavy (non-hydrogen) atoms. The molecule has 3 rings (SSSR count). The number of nitrogens with one attached hydrogen (secondary N) is 1. The van der Waals surface area contributed by atoms with E-state index in [9.17, 15) is 28.6 Å². The summed E-state index contributed by atoms with van der Waals surface area (Å²) in [5.41, 5.74) is -1.31. The van der Waals surface area contributed by atoms with E-state index < -0.39 is 29.0 Å². The van der Waals surface area contributed by atoms with Gasteiger partial charge in [0.1, 0.15) is 11.5 Å². The molecule has 2 aliphatic rings. The molecule has 186 valence electrons. The second kappa shape index (κ2) is 9.44. The summed E-state index contributed by atoms with van der Waals surface area (Å²) in [4.78, 5) is 30.7. The largest absolute Gasteiger partial charge is 0.494 e. The lowest BCUT2D eigenvalue weighted by molar-refractivity contribution is -0.125. The van der Waals surface area contributed by atoms with Crippen LogP contribution in [-0.2, 0) is 16.1 Å². The molecule has 1 aliphatic heterocycles. The number of carbonyl (C=O) groups excluding carboxylic acids is 2. The number of hydrogen-bond acceptors (Lipinski definition) is 5. The summed E-state index contributed by atoms with van der Waals surface area (Å²) < 4.78 is 27.9. The number of hydrogen-bond donors (Lipinski definition) is 3. The van der Waals surface area contributed by atoms with Crippen LogP contribution in [0.3, 0.4) is 0 Å². The fraction of sp³-hybridized carbons (Fsp3) is 0.560. The second-order valence-electron chi connectivity index (χ2n) is 10.4. The minimum Gasteiger partial charge on any atom is -0.494 e. The molecule has 0 spiro atoms. The monoisotopic (exact) mass is 477 g/mol. The molecule has 1 aliphatic carbocycles. The predicted octanol–water partition coefficient (Wildman–Crippen LogP) is 3.87. The van der Waals surface area contributed by atoms with Crippen LogP contribution in [0.4, 0.5) is 8.78 Å². The maximum Gasteiger partial charge on any atom is 0.283 e. The summed E-state index contributed by atoms with van der Waals surface area (Å²) in [6.07, 6.45) is -0.751. The number of β-amino-alcohol motifs (C(OH)–C–C–N with tert-alkyl or cyclic N) is 1. The number of halogens is 2. The Kier molecular flexibility index (Phi) is 7.17. The van der Waals surface area contributed by atoms with Crippen molar-refractivity contribution < 1.29 is 28.6 Å². The minimum atomic E-state index is -2.01. The van der Waals surface area contributed by atoms with Crippen molar-refractivity contribution in [2.75, 3.05) is 6.54 Å². The van der Waals surface area contributed by atoms with Gasteiger partial charge in [-0.1, -0.05) is 40.7 Å². The number of amides is 2. The maximum atomic E-state index is 14.2. The fourth-order valence-electron chi connectivity index (χ4n) is 3.88. The third kappa shape index (κ3) is 5.63. The molecule has 0 unspecified atom stereocenters. The molecule has 1 saturated carbocycles. The number of benzene rings is 1. The van der Waals surface area contributed by atoms with Gasteiger partial charge in [-0.25, -0.2) is 13.8 Å². The Morgan fingerprint density at radius 1 is 1.29 bits per heavy atom. The Balaban J connectivity index is 1.87. The molecule has 1 heterocycles. The molecule has 2 amide bonds. The molecule has 1 aromatic carbocycles. The molecule has 1 aromatic rings. The van der Waals surface area contributed by atoms with Gasteiger partial charge in [0.15, 0.2) is 5.67 Å². The molecule has 2 fully saturated rings. The van der Waals surface area contributed by atoms with Gasteiger partial charge in [0.25, 0.3) is 11.8 Å². The van der Waals surface area contributed by atoms with Crippen molar-refractivity contribution in [2.45, 2.75) is 78.1 Å². The van der Waals surface area contributed by atoms with Crippen LogP contribution < -0.4 is 5.32 Å². The first-order chi connectivity index (χ1) is 15.7. The molecule has 0 radical (unpaired) electrons. The lowest BCUT2D eigenvalue weighted by Gasteiger charge is -2.26. The van der Waals surface area contributed by atoms with Crippen LogP contribution in [0, 0.1) is 11.2 Å². The highest BCUT2D eigenvalue weighted by molar-refractivity contribution is 6.42. The van der Waals surface area contributed by atoms with E-state index in [4.69, 9.17) is 0 Å². The lowest BCUT2D eigenvalue weighted by atomic mass is 9.88. The predicted molar refractivity (Wildman–Crippen MR) is 124 cm³/mol. The molecule has 3 N–H and O–H groups in total. The third-order valence-electron chi connectivity index (χ3n) is 6.04. The summed E-state index contributed by atoms with van der Waals surface area (Å²) in [6, 6.07) is 4.41. The summed E-state index contributed by atoms with van der Waals surface area (Å²) >= 11 is 0. The van der Waals surface area contributed by atoms with E-state index >= 15 is 0 Å². The van der Waals surface area contributed by atoms with Crippen LogP contribution in [0.5, 0.6) is 0 Å². The van der Waals surface area contributed by atoms with Gasteiger partial charge >= 0.3 is 0 Å². The Morgan fingerprint density at radius 3 is 2.50 bits per heavy atom. The van der Waals surface area contributed by atoms with Gasteiger partial charge in [-0.05, 0) is 42.0 Å². The molecule has 1 atom stereocenters. The first-order valence-electron chi connectivity index (χ1n) is 11.5. The Morgan fingerprint density at radius 2 is 1.94 bits per heavy atom. The van der Waals surface area contributed by atoms with Crippen molar-refractivity contribution in [3.05, 3.63) is 46.7 Å². The van der Waals surface area contributed by atoms with Crippen molar-refractivity contribution in [3.8, 4) is 0 Å². The third-order valence-corrected chi connectivity index (χ3v) is 6.04. The second-order valence-corrected chi connectivity index (χ2v) is 10.4. The van der Waals surface area contributed by atoms with E-state index in [2.05, 4.69) is 10.3 Å². The van der Waals surface area contributed by atoms with Crippen LogP contribution >= 0.6 is 0 Å². The number of aliphatic hydroxyl groups is 2. The van der Waals surface area contributed by atoms with E-state index in [0.29, 0.717) is 0 Å². The Bertz CT molecular complexity index is 1040. The standard InChI is InChI=1S/C25H33F2N3O4/c1-14(2)18-10-16(26)7-6-15(18)12-28-21(32)19-11-17(31)13-30(19)22(33)20(24(3,4)5)29-23(34)25(27)8-9-25/h6-7,10,14,17,28,31-32H,8-9,11-13H2,1-5H3/b21-19+,29-20?/t17-/m1/s1. The van der Waals surface area contributed by atoms with Crippen LogP contribution in [0.15, 0.2) is 34.8 Å². The first kappa shape index (κ1) is 25.8. The smallest absolute Gasteiger partial charge is 0.283 e. The van der Waals surface area contributed by atoms with Gasteiger partial charge in [-0.15, -0.1) is 0 Å². The molecular weight excluding hydrogens is 444 g/mol. The van der Waals surface area contributed by atoms with Crippen molar-refractivity contribution in [3.63, 3.8) is 0 Å². The zero-order chi connectivity index (χ0) is 25.4. The average Bonchev–Trinajstić information content (AvgIpc) is 3.38. The molecule has 1 saturated heterocycles. The summed E-state index contributed by atoms with van der Waals surface area (Å²) in [7, 11) is 0. The molecule has 9 heteroatoms. The van der Waals surface area contributed by atoms with E-state index in [1.807, 2.05) is 13.8 Å². The number of rotatable bonds is 6.